The highest BCUT2D eigenvalue weighted by Gasteiger charge is 2.28. The van der Waals surface area contributed by atoms with Crippen molar-refractivity contribution >= 4 is 11.3 Å². The van der Waals surface area contributed by atoms with Gasteiger partial charge in [-0.2, -0.15) is 0 Å². The molecule has 1 heterocycles. The van der Waals surface area contributed by atoms with Gasteiger partial charge in [0.1, 0.15) is 5.01 Å². The van der Waals surface area contributed by atoms with Gasteiger partial charge in [-0.05, 0) is 32.1 Å². The third-order valence-corrected chi connectivity index (χ3v) is 5.32. The van der Waals surface area contributed by atoms with Crippen LogP contribution in [0.2, 0.25) is 0 Å². The lowest BCUT2D eigenvalue weighted by Crippen LogP contribution is -2.41. The molecule has 1 aliphatic rings. The monoisotopic (exact) mass is 252 g/mol. The third-order valence-electron chi connectivity index (χ3n) is 4.18. The average Bonchev–Trinajstić information content (AvgIpc) is 2.72. The zero-order valence-corrected chi connectivity index (χ0v) is 12.2. The molecule has 17 heavy (non-hydrogen) atoms. The fraction of sp³-hybridized carbons (Fsp3) is 0.786. The average molecular weight is 252 g/mol. The molecule has 3 heteroatoms. The molecule has 1 aliphatic carbocycles. The van der Waals surface area contributed by atoms with Gasteiger partial charge in [0, 0.05) is 17.1 Å². The van der Waals surface area contributed by atoms with Crippen molar-refractivity contribution in [2.24, 2.45) is 11.8 Å². The molecule has 0 aliphatic heterocycles. The van der Waals surface area contributed by atoms with Gasteiger partial charge in [-0.15, -0.1) is 11.3 Å². The maximum atomic E-state index is 4.58. The Morgan fingerprint density at radius 3 is 2.82 bits per heavy atom. The van der Waals surface area contributed by atoms with Crippen molar-refractivity contribution in [3.8, 4) is 0 Å². The Kier molecular flexibility index (Phi) is 4.21. The molecule has 0 bridgehead atoms. The first-order chi connectivity index (χ1) is 8.08. The van der Waals surface area contributed by atoms with E-state index in [0.717, 1.165) is 17.5 Å². The Bertz CT molecular complexity index is 361. The molecule has 4 atom stereocenters. The second kappa shape index (κ2) is 5.49. The normalized spacial score (nSPS) is 31.4. The van der Waals surface area contributed by atoms with Gasteiger partial charge in [-0.25, -0.2) is 4.98 Å². The van der Waals surface area contributed by atoms with Gasteiger partial charge in [0.15, 0.2) is 0 Å². The van der Waals surface area contributed by atoms with Crippen LogP contribution in [0, 0.1) is 18.8 Å². The molecule has 2 nitrogen and oxygen atoms in total. The topological polar surface area (TPSA) is 24.9 Å². The smallest absolute Gasteiger partial charge is 0.110 e. The van der Waals surface area contributed by atoms with E-state index in [2.05, 4.69) is 43.4 Å². The molecule has 96 valence electrons. The Morgan fingerprint density at radius 1 is 1.41 bits per heavy atom. The standard InChI is InChI=1S/C14H24N2S/c1-9-6-5-7-13(11(9)3)16-12(4)14-15-10(2)8-17-14/h8-9,11-13,16H,5-7H2,1-4H3. The molecule has 2 rings (SSSR count). The molecule has 4 unspecified atom stereocenters. The number of nitrogens with zero attached hydrogens (tertiary/aromatic N) is 1. The molecular weight excluding hydrogens is 228 g/mol. The van der Waals surface area contributed by atoms with Crippen LogP contribution in [0.3, 0.4) is 0 Å². The van der Waals surface area contributed by atoms with Crippen molar-refractivity contribution in [1.29, 1.82) is 0 Å². The first-order valence-corrected chi connectivity index (χ1v) is 7.64. The number of nitrogens with one attached hydrogen (secondary N) is 1. The van der Waals surface area contributed by atoms with Crippen LogP contribution in [0.4, 0.5) is 0 Å². The van der Waals surface area contributed by atoms with Crippen molar-refractivity contribution in [2.75, 3.05) is 0 Å². The van der Waals surface area contributed by atoms with E-state index < -0.39 is 0 Å². The van der Waals surface area contributed by atoms with Crippen LogP contribution in [-0.2, 0) is 0 Å². The maximum Gasteiger partial charge on any atom is 0.110 e. The highest BCUT2D eigenvalue weighted by molar-refractivity contribution is 7.09. The summed E-state index contributed by atoms with van der Waals surface area (Å²) in [7, 11) is 0. The van der Waals surface area contributed by atoms with Crippen molar-refractivity contribution in [1.82, 2.24) is 10.3 Å². The minimum absolute atomic E-state index is 0.395. The van der Waals surface area contributed by atoms with Crippen LogP contribution in [0.5, 0.6) is 0 Å². The summed E-state index contributed by atoms with van der Waals surface area (Å²) in [5, 5.41) is 7.15. The predicted octanol–water partition coefficient (Wildman–Crippen LogP) is 3.93. The molecule has 1 N–H and O–H groups in total. The lowest BCUT2D eigenvalue weighted by atomic mass is 9.78. The van der Waals surface area contributed by atoms with Gasteiger partial charge in [0.25, 0.3) is 0 Å². The van der Waals surface area contributed by atoms with Gasteiger partial charge in [-0.1, -0.05) is 26.7 Å². The minimum Gasteiger partial charge on any atom is -0.305 e. The van der Waals surface area contributed by atoms with Crippen molar-refractivity contribution in [2.45, 2.75) is 59.0 Å². The van der Waals surface area contributed by atoms with Gasteiger partial charge in [0.2, 0.25) is 0 Å². The summed E-state index contributed by atoms with van der Waals surface area (Å²) in [6.07, 6.45) is 4.08. The summed E-state index contributed by atoms with van der Waals surface area (Å²) in [6, 6.07) is 1.06. The van der Waals surface area contributed by atoms with E-state index in [9.17, 15) is 0 Å². The molecule has 0 saturated heterocycles. The summed E-state index contributed by atoms with van der Waals surface area (Å²) in [6.45, 7) is 9.08. The van der Waals surface area contributed by atoms with E-state index >= 15 is 0 Å². The quantitative estimate of drug-likeness (QED) is 0.881. The van der Waals surface area contributed by atoms with E-state index in [4.69, 9.17) is 0 Å². The second-order valence-corrected chi connectivity index (χ2v) is 6.48. The van der Waals surface area contributed by atoms with E-state index in [-0.39, 0.29) is 0 Å². The Morgan fingerprint density at radius 2 is 2.18 bits per heavy atom. The number of aryl methyl sites for hydroxylation is 1. The molecule has 0 amide bonds. The zero-order valence-electron chi connectivity index (χ0n) is 11.4. The lowest BCUT2D eigenvalue weighted by molar-refractivity contribution is 0.196. The third kappa shape index (κ3) is 3.08. The van der Waals surface area contributed by atoms with E-state index in [1.165, 1.54) is 24.3 Å². The second-order valence-electron chi connectivity index (χ2n) is 5.59. The number of thiazole rings is 1. The van der Waals surface area contributed by atoms with Crippen molar-refractivity contribution in [3.05, 3.63) is 16.1 Å². The van der Waals surface area contributed by atoms with Crippen LogP contribution < -0.4 is 5.32 Å². The molecule has 1 aromatic rings. The Hall–Kier alpha value is -0.410. The summed E-state index contributed by atoms with van der Waals surface area (Å²) in [4.78, 5) is 4.58. The highest BCUT2D eigenvalue weighted by Crippen LogP contribution is 2.31. The molecule has 0 spiro atoms. The van der Waals surface area contributed by atoms with Crippen LogP contribution >= 0.6 is 11.3 Å². The molecule has 0 aromatic carbocycles. The van der Waals surface area contributed by atoms with Gasteiger partial charge < -0.3 is 5.32 Å². The largest absolute Gasteiger partial charge is 0.305 e. The number of aromatic nitrogens is 1. The predicted molar refractivity (Wildman–Crippen MR) is 74.4 cm³/mol. The first-order valence-electron chi connectivity index (χ1n) is 6.76. The van der Waals surface area contributed by atoms with Gasteiger partial charge >= 0.3 is 0 Å². The van der Waals surface area contributed by atoms with E-state index in [1.807, 2.05) is 0 Å². The summed E-state index contributed by atoms with van der Waals surface area (Å²) < 4.78 is 0. The van der Waals surface area contributed by atoms with Gasteiger partial charge in [0.05, 0.1) is 6.04 Å². The van der Waals surface area contributed by atoms with Crippen LogP contribution in [0.25, 0.3) is 0 Å². The van der Waals surface area contributed by atoms with Crippen molar-refractivity contribution < 1.29 is 0 Å². The van der Waals surface area contributed by atoms with E-state index in [0.29, 0.717) is 12.1 Å². The Balaban J connectivity index is 1.96. The van der Waals surface area contributed by atoms with Crippen LogP contribution in [0.15, 0.2) is 5.38 Å². The van der Waals surface area contributed by atoms with Crippen molar-refractivity contribution in [3.63, 3.8) is 0 Å². The molecule has 0 radical (unpaired) electrons. The SMILES string of the molecule is Cc1csc(C(C)NC2CCCC(C)C2C)n1. The molecule has 1 fully saturated rings. The highest BCUT2D eigenvalue weighted by atomic mass is 32.1. The fourth-order valence-corrected chi connectivity index (χ4v) is 3.59. The lowest BCUT2D eigenvalue weighted by Gasteiger charge is -2.36. The summed E-state index contributed by atoms with van der Waals surface area (Å²) >= 11 is 1.77. The first kappa shape index (κ1) is 13.0. The number of hydrogen-bond acceptors (Lipinski definition) is 3. The number of rotatable bonds is 3. The van der Waals surface area contributed by atoms with Crippen LogP contribution in [0.1, 0.15) is 56.8 Å². The summed E-state index contributed by atoms with van der Waals surface area (Å²) in [5.41, 5.74) is 1.14. The molecule has 1 saturated carbocycles. The maximum absolute atomic E-state index is 4.58. The Labute approximate surface area is 109 Å². The summed E-state index contributed by atoms with van der Waals surface area (Å²) in [5.74, 6) is 1.64. The molecule has 1 aromatic heterocycles. The zero-order chi connectivity index (χ0) is 12.4. The van der Waals surface area contributed by atoms with E-state index in [1.54, 1.807) is 11.3 Å². The molecular formula is C14H24N2S. The number of hydrogen-bond donors (Lipinski definition) is 1. The van der Waals surface area contributed by atoms with Crippen LogP contribution in [-0.4, -0.2) is 11.0 Å². The minimum atomic E-state index is 0.395. The van der Waals surface area contributed by atoms with Gasteiger partial charge in [-0.3, -0.25) is 0 Å². The fourth-order valence-electron chi connectivity index (χ4n) is 2.78.